The molecule has 2 aliphatic rings. The van der Waals surface area contributed by atoms with Crippen LogP contribution >= 0.6 is 0 Å². The van der Waals surface area contributed by atoms with E-state index < -0.39 is 0 Å². The van der Waals surface area contributed by atoms with Crippen LogP contribution in [-0.2, 0) is 27.1 Å². The summed E-state index contributed by atoms with van der Waals surface area (Å²) in [7, 11) is 0. The fourth-order valence-corrected chi connectivity index (χ4v) is 10.5. The average Bonchev–Trinajstić information content (AvgIpc) is 3.93. The third kappa shape index (κ3) is 8.06. The van der Waals surface area contributed by atoms with Gasteiger partial charge in [-0.2, -0.15) is 0 Å². The molecule has 0 saturated carbocycles. The van der Waals surface area contributed by atoms with Crippen molar-refractivity contribution in [3.05, 3.63) is 161 Å². The summed E-state index contributed by atoms with van der Waals surface area (Å²) in [4.78, 5) is 15.5. The zero-order valence-electron chi connectivity index (χ0n) is 44.4. The lowest BCUT2D eigenvalue weighted by Gasteiger charge is -2.45. The standard InChI is InChI=1S/C64H67BN4O2/c1-60(2,3)40-20-16-38(17-21-40)58-66-49-34-47-51(36-55(49)70-58)68(45-28-24-42(25-29-45)62(7,8)9)53-32-44(64(13,14)15)33-54-57(53)65(47)48-35-50-56(71-59(67-50)39-18-22-41(23-19-39)61(4,5)6)37-52(48)69(54)46-30-26-43(27-31-46)63(10,11)12/h16-37H,1-15H3. The highest BCUT2D eigenvalue weighted by Gasteiger charge is 2.45. The van der Waals surface area contributed by atoms with Crippen LogP contribution in [-0.4, -0.2) is 16.7 Å². The van der Waals surface area contributed by atoms with Gasteiger partial charge in [-0.15, -0.1) is 0 Å². The number of hydrogen-bond donors (Lipinski definition) is 0. The van der Waals surface area contributed by atoms with Crippen molar-refractivity contribution in [3.63, 3.8) is 0 Å². The predicted octanol–water partition coefficient (Wildman–Crippen LogP) is 15.9. The summed E-state index contributed by atoms with van der Waals surface area (Å²) in [5.41, 5.74) is 21.4. The van der Waals surface area contributed by atoms with E-state index in [1.807, 2.05) is 0 Å². The molecule has 2 aromatic heterocycles. The lowest BCUT2D eigenvalue weighted by molar-refractivity contribution is 0.589. The first-order chi connectivity index (χ1) is 33.3. The molecule has 71 heavy (non-hydrogen) atoms. The van der Waals surface area contributed by atoms with Gasteiger partial charge < -0.3 is 18.6 Å². The van der Waals surface area contributed by atoms with Gasteiger partial charge in [0, 0.05) is 57.4 Å². The molecule has 11 rings (SSSR count). The molecule has 0 unspecified atom stereocenters. The van der Waals surface area contributed by atoms with Crippen LogP contribution in [0, 0.1) is 0 Å². The number of nitrogens with zero attached hydrogens (tertiary/aromatic N) is 4. The second-order valence-electron chi connectivity index (χ2n) is 25.3. The molecule has 9 aromatic rings. The third-order valence-electron chi connectivity index (χ3n) is 14.9. The van der Waals surface area contributed by atoms with Gasteiger partial charge in [-0.1, -0.05) is 152 Å². The fraction of sp³-hybridized carbons (Fsp3) is 0.312. The summed E-state index contributed by atoms with van der Waals surface area (Å²) in [5, 5.41) is 0. The first kappa shape index (κ1) is 46.5. The van der Waals surface area contributed by atoms with E-state index >= 15 is 0 Å². The molecule has 0 spiro atoms. The average molecular weight is 935 g/mol. The van der Waals surface area contributed by atoms with Crippen LogP contribution in [0.25, 0.3) is 45.1 Å². The molecule has 358 valence electrons. The largest absolute Gasteiger partial charge is 0.436 e. The van der Waals surface area contributed by atoms with Crippen LogP contribution < -0.4 is 26.2 Å². The van der Waals surface area contributed by atoms with E-state index in [1.165, 1.54) is 33.3 Å². The van der Waals surface area contributed by atoms with Crippen LogP contribution in [0.15, 0.2) is 142 Å². The van der Waals surface area contributed by atoms with E-state index in [9.17, 15) is 0 Å². The Morgan fingerprint density at radius 3 is 0.972 bits per heavy atom. The van der Waals surface area contributed by atoms with Crippen LogP contribution in [0.5, 0.6) is 0 Å². The lowest BCUT2D eigenvalue weighted by Crippen LogP contribution is -2.61. The molecule has 0 N–H and O–H groups in total. The Hall–Kier alpha value is -6.86. The normalized spacial score (nSPS) is 14.0. The van der Waals surface area contributed by atoms with E-state index in [0.29, 0.717) is 11.8 Å². The zero-order chi connectivity index (χ0) is 50.3. The summed E-state index contributed by atoms with van der Waals surface area (Å²) >= 11 is 0. The highest BCUT2D eigenvalue weighted by atomic mass is 16.4. The first-order valence-corrected chi connectivity index (χ1v) is 25.4. The molecule has 2 aliphatic heterocycles. The van der Waals surface area contributed by atoms with Gasteiger partial charge in [-0.3, -0.25) is 0 Å². The SMILES string of the molecule is CC(C)(C)c1ccc(-c2nc3cc4c(cc3o2)N(c2ccc(C(C)(C)C)cc2)c2cc(C(C)(C)C)cc3c2B4c2cc4nc(-c5ccc(C(C)(C)C)cc5)oc4cc2N3c2ccc(C(C)(C)C)cc2)cc1. The van der Waals surface area contributed by atoms with Crippen molar-refractivity contribution < 1.29 is 8.83 Å². The molecule has 0 atom stereocenters. The summed E-state index contributed by atoms with van der Waals surface area (Å²) in [6.45, 7) is 33.9. The number of anilines is 6. The van der Waals surface area contributed by atoms with Gasteiger partial charge in [0.15, 0.2) is 11.2 Å². The summed E-state index contributed by atoms with van der Waals surface area (Å²) in [6, 6.07) is 49.6. The second-order valence-corrected chi connectivity index (χ2v) is 25.3. The zero-order valence-corrected chi connectivity index (χ0v) is 44.4. The van der Waals surface area contributed by atoms with E-state index in [1.54, 1.807) is 0 Å². The highest BCUT2D eigenvalue weighted by molar-refractivity contribution is 7.00. The molecule has 0 radical (unpaired) electrons. The maximum atomic E-state index is 6.80. The first-order valence-electron chi connectivity index (χ1n) is 25.4. The highest BCUT2D eigenvalue weighted by Crippen LogP contribution is 2.48. The summed E-state index contributed by atoms with van der Waals surface area (Å²) in [6.07, 6.45) is 0. The Bertz CT molecular complexity index is 3300. The smallest absolute Gasteiger partial charge is 0.252 e. The lowest BCUT2D eigenvalue weighted by atomic mass is 9.33. The Morgan fingerprint density at radius 2 is 0.662 bits per heavy atom. The van der Waals surface area contributed by atoms with Gasteiger partial charge >= 0.3 is 0 Å². The molecule has 0 aliphatic carbocycles. The van der Waals surface area contributed by atoms with E-state index in [0.717, 1.165) is 78.4 Å². The molecule has 7 heteroatoms. The molecule has 0 saturated heterocycles. The van der Waals surface area contributed by atoms with E-state index in [-0.39, 0.29) is 33.8 Å². The van der Waals surface area contributed by atoms with Gasteiger partial charge in [0.05, 0.1) is 0 Å². The fourth-order valence-electron chi connectivity index (χ4n) is 10.5. The Morgan fingerprint density at radius 1 is 0.352 bits per heavy atom. The number of oxazole rings is 2. The quantitative estimate of drug-likeness (QED) is 0.164. The van der Waals surface area contributed by atoms with Gasteiger partial charge in [0.1, 0.15) is 11.0 Å². The molecule has 0 fully saturated rings. The monoisotopic (exact) mass is 935 g/mol. The van der Waals surface area contributed by atoms with Crippen LogP contribution in [0.1, 0.15) is 132 Å². The van der Waals surface area contributed by atoms with Crippen molar-refractivity contribution >= 4 is 79.4 Å². The van der Waals surface area contributed by atoms with E-state index in [2.05, 4.69) is 247 Å². The number of aromatic nitrogens is 2. The van der Waals surface area contributed by atoms with Crippen LogP contribution in [0.2, 0.25) is 0 Å². The second kappa shape index (κ2) is 15.8. The molecule has 7 aromatic carbocycles. The molecule has 0 amide bonds. The Kier molecular flexibility index (Phi) is 10.4. The topological polar surface area (TPSA) is 58.5 Å². The Balaban J connectivity index is 1.20. The summed E-state index contributed by atoms with van der Waals surface area (Å²) in [5.74, 6) is 1.22. The predicted molar refractivity (Wildman–Crippen MR) is 300 cm³/mol. The van der Waals surface area contributed by atoms with Gasteiger partial charge in [-0.25, -0.2) is 9.97 Å². The number of hydrogen-bond acceptors (Lipinski definition) is 6. The van der Waals surface area contributed by atoms with Crippen molar-refractivity contribution in [1.29, 1.82) is 0 Å². The van der Waals surface area contributed by atoms with Crippen LogP contribution in [0.4, 0.5) is 34.1 Å². The van der Waals surface area contributed by atoms with Crippen molar-refractivity contribution in [2.75, 3.05) is 9.80 Å². The maximum absolute atomic E-state index is 6.80. The minimum absolute atomic E-state index is 0.00280. The minimum Gasteiger partial charge on any atom is -0.436 e. The van der Waals surface area contributed by atoms with Crippen molar-refractivity contribution in [2.24, 2.45) is 0 Å². The number of fused-ring (bicyclic) bond motifs is 6. The Labute approximate surface area is 421 Å². The van der Waals surface area contributed by atoms with Gasteiger partial charge in [0.25, 0.3) is 6.71 Å². The van der Waals surface area contributed by atoms with Gasteiger partial charge in [0.2, 0.25) is 11.8 Å². The minimum atomic E-state index is -0.180. The van der Waals surface area contributed by atoms with Gasteiger partial charge in [-0.05, 0) is 144 Å². The van der Waals surface area contributed by atoms with Crippen molar-refractivity contribution in [2.45, 2.75) is 131 Å². The van der Waals surface area contributed by atoms with Crippen molar-refractivity contribution in [3.8, 4) is 22.9 Å². The van der Waals surface area contributed by atoms with E-state index in [4.69, 9.17) is 18.8 Å². The maximum Gasteiger partial charge on any atom is 0.252 e. The van der Waals surface area contributed by atoms with Crippen molar-refractivity contribution in [1.82, 2.24) is 9.97 Å². The third-order valence-corrected chi connectivity index (χ3v) is 14.9. The molecule has 0 bridgehead atoms. The molecular weight excluding hydrogens is 868 g/mol. The van der Waals surface area contributed by atoms with Crippen LogP contribution in [0.3, 0.4) is 0 Å². The molecule has 6 nitrogen and oxygen atoms in total. The molecule has 4 heterocycles. The number of benzene rings is 7. The number of rotatable bonds is 4. The summed E-state index contributed by atoms with van der Waals surface area (Å²) < 4.78 is 13.6. The molecular formula is C64H67BN4O2.